The first-order valence-corrected chi connectivity index (χ1v) is 8.08. The van der Waals surface area contributed by atoms with Crippen LogP contribution < -0.4 is 5.32 Å². The molecule has 2 saturated heterocycles. The highest BCUT2D eigenvalue weighted by Gasteiger charge is 2.46. The van der Waals surface area contributed by atoms with E-state index in [1.807, 2.05) is 6.92 Å². The SMILES string of the molecule is CCCC1(C(=O)O)CCN(C(=O)C2CSCCN2)C1. The second-order valence-electron chi connectivity index (χ2n) is 5.43. The van der Waals surface area contributed by atoms with E-state index < -0.39 is 11.4 Å². The molecule has 0 aromatic heterocycles. The van der Waals surface area contributed by atoms with Gasteiger partial charge in [-0.2, -0.15) is 11.8 Å². The molecule has 2 heterocycles. The summed E-state index contributed by atoms with van der Waals surface area (Å²) < 4.78 is 0. The summed E-state index contributed by atoms with van der Waals surface area (Å²) in [4.78, 5) is 25.6. The Hall–Kier alpha value is -0.750. The number of likely N-dealkylation sites (tertiary alicyclic amines) is 1. The fourth-order valence-corrected chi connectivity index (χ4v) is 3.89. The number of aliphatic carboxylic acids is 1. The van der Waals surface area contributed by atoms with Crippen LogP contribution in [0.1, 0.15) is 26.2 Å². The summed E-state index contributed by atoms with van der Waals surface area (Å²) in [5.41, 5.74) is -0.716. The first-order chi connectivity index (χ1) is 9.09. The number of thioether (sulfide) groups is 1. The summed E-state index contributed by atoms with van der Waals surface area (Å²) in [5, 5.41) is 12.7. The van der Waals surface area contributed by atoms with Crippen molar-refractivity contribution in [2.45, 2.75) is 32.2 Å². The van der Waals surface area contributed by atoms with E-state index in [-0.39, 0.29) is 11.9 Å². The summed E-state index contributed by atoms with van der Waals surface area (Å²) in [6, 6.07) is -0.134. The molecule has 1 amide bonds. The quantitative estimate of drug-likeness (QED) is 0.800. The van der Waals surface area contributed by atoms with Crippen LogP contribution in [-0.4, -0.2) is 59.1 Å². The molecular formula is C13H22N2O3S. The number of hydrogen-bond acceptors (Lipinski definition) is 4. The fourth-order valence-electron chi connectivity index (χ4n) is 2.97. The molecule has 0 radical (unpaired) electrons. The number of nitrogens with one attached hydrogen (secondary N) is 1. The summed E-state index contributed by atoms with van der Waals surface area (Å²) in [7, 11) is 0. The van der Waals surface area contributed by atoms with Crippen LogP contribution >= 0.6 is 11.8 Å². The number of hydrogen-bond donors (Lipinski definition) is 2. The van der Waals surface area contributed by atoms with Gasteiger partial charge < -0.3 is 15.3 Å². The third-order valence-corrected chi connectivity index (χ3v) is 5.13. The number of carboxylic acid groups (broad SMARTS) is 1. The molecule has 2 rings (SSSR count). The van der Waals surface area contributed by atoms with Gasteiger partial charge in [-0.1, -0.05) is 13.3 Å². The molecule has 2 N–H and O–H groups in total. The van der Waals surface area contributed by atoms with Crippen LogP contribution in [-0.2, 0) is 9.59 Å². The molecule has 19 heavy (non-hydrogen) atoms. The first-order valence-electron chi connectivity index (χ1n) is 6.92. The Kier molecular flexibility index (Phi) is 4.73. The highest BCUT2D eigenvalue weighted by Crippen LogP contribution is 2.36. The van der Waals surface area contributed by atoms with Crippen LogP contribution in [0.2, 0.25) is 0 Å². The molecule has 108 valence electrons. The molecule has 0 saturated carbocycles. The van der Waals surface area contributed by atoms with Crippen molar-refractivity contribution in [3.63, 3.8) is 0 Å². The van der Waals surface area contributed by atoms with Gasteiger partial charge >= 0.3 is 5.97 Å². The predicted molar refractivity (Wildman–Crippen MR) is 75.3 cm³/mol. The van der Waals surface area contributed by atoms with Gasteiger partial charge in [0.25, 0.3) is 0 Å². The van der Waals surface area contributed by atoms with Crippen LogP contribution in [0, 0.1) is 5.41 Å². The normalized spacial score (nSPS) is 31.4. The second-order valence-corrected chi connectivity index (χ2v) is 6.58. The number of carboxylic acids is 1. The van der Waals surface area contributed by atoms with Crippen LogP contribution in [0.3, 0.4) is 0 Å². The van der Waals surface area contributed by atoms with E-state index in [0.717, 1.165) is 24.5 Å². The van der Waals surface area contributed by atoms with Crippen molar-refractivity contribution < 1.29 is 14.7 Å². The molecule has 0 spiro atoms. The summed E-state index contributed by atoms with van der Waals surface area (Å²) in [6.45, 7) is 3.80. The fraction of sp³-hybridized carbons (Fsp3) is 0.846. The van der Waals surface area contributed by atoms with Crippen LogP contribution in [0.25, 0.3) is 0 Å². The van der Waals surface area contributed by atoms with Crippen molar-refractivity contribution in [2.24, 2.45) is 5.41 Å². The van der Waals surface area contributed by atoms with Gasteiger partial charge in [0.05, 0.1) is 11.5 Å². The molecule has 2 fully saturated rings. The molecule has 2 aliphatic heterocycles. The van der Waals surface area contributed by atoms with Crippen molar-refractivity contribution in [3.05, 3.63) is 0 Å². The number of nitrogens with zero attached hydrogens (tertiary/aromatic N) is 1. The molecular weight excluding hydrogens is 264 g/mol. The van der Waals surface area contributed by atoms with Crippen LogP contribution in [0.15, 0.2) is 0 Å². The smallest absolute Gasteiger partial charge is 0.311 e. The minimum Gasteiger partial charge on any atom is -0.481 e. The zero-order valence-electron chi connectivity index (χ0n) is 11.4. The average molecular weight is 286 g/mol. The van der Waals surface area contributed by atoms with Gasteiger partial charge in [-0.25, -0.2) is 0 Å². The number of amides is 1. The van der Waals surface area contributed by atoms with Crippen molar-refractivity contribution >= 4 is 23.6 Å². The van der Waals surface area contributed by atoms with Gasteiger partial charge in [0, 0.05) is 31.1 Å². The standard InChI is InChI=1S/C13H22N2O3S/c1-2-3-13(12(17)18)4-6-15(9-13)11(16)10-8-19-7-5-14-10/h10,14H,2-9H2,1H3,(H,17,18). The van der Waals surface area contributed by atoms with Crippen molar-refractivity contribution in [2.75, 3.05) is 31.1 Å². The van der Waals surface area contributed by atoms with Crippen molar-refractivity contribution in [1.29, 1.82) is 0 Å². The van der Waals surface area contributed by atoms with Gasteiger partial charge in [0.15, 0.2) is 0 Å². The number of carbonyl (C=O) groups excluding carboxylic acids is 1. The van der Waals surface area contributed by atoms with Crippen LogP contribution in [0.4, 0.5) is 0 Å². The lowest BCUT2D eigenvalue weighted by atomic mass is 9.83. The Bertz CT molecular complexity index is 358. The number of rotatable bonds is 4. The molecule has 2 unspecified atom stereocenters. The maximum Gasteiger partial charge on any atom is 0.311 e. The molecule has 0 aliphatic carbocycles. The monoisotopic (exact) mass is 286 g/mol. The minimum atomic E-state index is -0.754. The summed E-state index contributed by atoms with van der Waals surface area (Å²) in [6.07, 6.45) is 2.08. The predicted octanol–water partition coefficient (Wildman–Crippen LogP) is 0.795. The Morgan fingerprint density at radius 1 is 1.53 bits per heavy atom. The van der Waals surface area contributed by atoms with Gasteiger partial charge in [-0.3, -0.25) is 9.59 Å². The van der Waals surface area contributed by atoms with E-state index >= 15 is 0 Å². The summed E-state index contributed by atoms with van der Waals surface area (Å²) >= 11 is 1.78. The zero-order valence-corrected chi connectivity index (χ0v) is 12.2. The Morgan fingerprint density at radius 2 is 2.32 bits per heavy atom. The van der Waals surface area contributed by atoms with Gasteiger partial charge in [-0.15, -0.1) is 0 Å². The lowest BCUT2D eigenvalue weighted by molar-refractivity contribution is -0.149. The van der Waals surface area contributed by atoms with E-state index in [1.54, 1.807) is 16.7 Å². The van der Waals surface area contributed by atoms with E-state index in [4.69, 9.17) is 0 Å². The number of carbonyl (C=O) groups is 2. The second kappa shape index (κ2) is 6.13. The largest absolute Gasteiger partial charge is 0.481 e. The molecule has 0 aromatic carbocycles. The van der Waals surface area contributed by atoms with Gasteiger partial charge in [-0.05, 0) is 12.8 Å². The Balaban J connectivity index is 1.99. The first kappa shape index (κ1) is 14.7. The third kappa shape index (κ3) is 3.05. The van der Waals surface area contributed by atoms with E-state index in [2.05, 4.69) is 5.32 Å². The van der Waals surface area contributed by atoms with Crippen molar-refractivity contribution in [1.82, 2.24) is 10.2 Å². The lowest BCUT2D eigenvalue weighted by Crippen LogP contribution is -2.50. The third-order valence-electron chi connectivity index (χ3n) is 4.07. The lowest BCUT2D eigenvalue weighted by Gasteiger charge is -2.28. The van der Waals surface area contributed by atoms with Crippen LogP contribution in [0.5, 0.6) is 0 Å². The van der Waals surface area contributed by atoms with E-state index in [9.17, 15) is 14.7 Å². The highest BCUT2D eigenvalue weighted by molar-refractivity contribution is 7.99. The van der Waals surface area contributed by atoms with Gasteiger partial charge in [0.2, 0.25) is 5.91 Å². The van der Waals surface area contributed by atoms with E-state index in [0.29, 0.717) is 25.9 Å². The Labute approximate surface area is 118 Å². The molecule has 0 bridgehead atoms. The molecule has 2 aliphatic rings. The van der Waals surface area contributed by atoms with Gasteiger partial charge in [0.1, 0.15) is 0 Å². The molecule has 5 nitrogen and oxygen atoms in total. The highest BCUT2D eigenvalue weighted by atomic mass is 32.2. The average Bonchev–Trinajstić information content (AvgIpc) is 2.85. The minimum absolute atomic E-state index is 0.0754. The molecule has 2 atom stereocenters. The Morgan fingerprint density at radius 3 is 2.89 bits per heavy atom. The maximum atomic E-state index is 12.4. The van der Waals surface area contributed by atoms with E-state index in [1.165, 1.54) is 0 Å². The van der Waals surface area contributed by atoms with Crippen molar-refractivity contribution in [3.8, 4) is 0 Å². The summed E-state index contributed by atoms with van der Waals surface area (Å²) in [5.74, 6) is 1.16. The maximum absolute atomic E-state index is 12.4. The topological polar surface area (TPSA) is 69.6 Å². The molecule has 0 aromatic rings. The zero-order chi connectivity index (χ0) is 13.9. The molecule has 6 heteroatoms.